The van der Waals surface area contributed by atoms with Crippen molar-refractivity contribution in [2.75, 3.05) is 11.9 Å². The minimum Gasteiger partial charge on any atom is -0.396 e. The maximum absolute atomic E-state index is 11.3. The van der Waals surface area contributed by atoms with Crippen LogP contribution in [0.5, 0.6) is 0 Å². The number of nitrogens with zero attached hydrogens (tertiary/aromatic N) is 1. The third-order valence-electron chi connectivity index (χ3n) is 1.77. The molecule has 1 amide bonds. The number of hydrogen-bond acceptors (Lipinski definition) is 4. The van der Waals surface area contributed by atoms with Gasteiger partial charge in [0.2, 0.25) is 5.91 Å². The number of nitrogens with one attached hydrogen (secondary N) is 1. The molecule has 13 heavy (non-hydrogen) atoms. The fourth-order valence-corrected chi connectivity index (χ4v) is 0.903. The van der Waals surface area contributed by atoms with Crippen molar-refractivity contribution in [2.45, 2.75) is 13.3 Å². The molecule has 0 fully saturated rings. The Bertz CT molecular complexity index is 254. The first-order valence-electron chi connectivity index (χ1n) is 4.10. The van der Waals surface area contributed by atoms with Crippen LogP contribution < -0.4 is 5.32 Å². The molecule has 0 saturated carbocycles. The van der Waals surface area contributed by atoms with Crippen molar-refractivity contribution in [3.05, 3.63) is 12.3 Å². The number of anilines is 1. The van der Waals surface area contributed by atoms with E-state index in [2.05, 4.69) is 15.0 Å². The Morgan fingerprint density at radius 3 is 3.08 bits per heavy atom. The van der Waals surface area contributed by atoms with Gasteiger partial charge in [-0.1, -0.05) is 12.1 Å². The molecule has 1 aromatic heterocycles. The zero-order valence-corrected chi connectivity index (χ0v) is 7.36. The van der Waals surface area contributed by atoms with E-state index in [0.717, 1.165) is 0 Å². The molecule has 0 spiro atoms. The topological polar surface area (TPSA) is 75.4 Å². The molecule has 0 aliphatic heterocycles. The van der Waals surface area contributed by atoms with Crippen molar-refractivity contribution in [3.8, 4) is 0 Å². The molecule has 72 valence electrons. The van der Waals surface area contributed by atoms with Gasteiger partial charge in [0.1, 0.15) is 6.26 Å². The minimum absolute atomic E-state index is 0.153. The second-order valence-electron chi connectivity index (χ2n) is 2.66. The molecule has 2 N–H and O–H groups in total. The lowest BCUT2D eigenvalue weighted by molar-refractivity contribution is -0.121. The second-order valence-corrected chi connectivity index (χ2v) is 2.66. The summed E-state index contributed by atoms with van der Waals surface area (Å²) in [6.07, 6.45) is 1.97. The molecule has 1 rings (SSSR count). The summed E-state index contributed by atoms with van der Waals surface area (Å²) >= 11 is 0. The first-order valence-corrected chi connectivity index (χ1v) is 4.10. The number of aromatic nitrogens is 1. The van der Waals surface area contributed by atoms with Crippen LogP contribution >= 0.6 is 0 Å². The molecule has 5 nitrogen and oxygen atoms in total. The minimum atomic E-state index is -0.378. The van der Waals surface area contributed by atoms with E-state index in [1.165, 1.54) is 6.26 Å². The SMILES string of the molecule is CCC(CO)C(=O)Nc1ccon1. The fraction of sp³-hybridized carbons (Fsp3) is 0.500. The Balaban J connectivity index is 2.49. The van der Waals surface area contributed by atoms with Crippen LogP contribution in [0.2, 0.25) is 0 Å². The lowest BCUT2D eigenvalue weighted by Crippen LogP contribution is -2.25. The largest absolute Gasteiger partial charge is 0.396 e. The lowest BCUT2D eigenvalue weighted by atomic mass is 10.1. The zero-order valence-electron chi connectivity index (χ0n) is 7.36. The van der Waals surface area contributed by atoms with Crippen LogP contribution in [0, 0.1) is 5.92 Å². The van der Waals surface area contributed by atoms with E-state index < -0.39 is 0 Å². The van der Waals surface area contributed by atoms with E-state index in [9.17, 15) is 4.79 Å². The van der Waals surface area contributed by atoms with E-state index in [1.54, 1.807) is 6.07 Å². The van der Waals surface area contributed by atoms with Crippen LogP contribution in [0.1, 0.15) is 13.3 Å². The van der Waals surface area contributed by atoms with Crippen LogP contribution in [0.15, 0.2) is 16.9 Å². The van der Waals surface area contributed by atoms with Crippen LogP contribution in [0.25, 0.3) is 0 Å². The molecule has 1 unspecified atom stereocenters. The van der Waals surface area contributed by atoms with Crippen molar-refractivity contribution in [3.63, 3.8) is 0 Å². The number of aliphatic hydroxyl groups is 1. The summed E-state index contributed by atoms with van der Waals surface area (Å²) in [6, 6.07) is 1.54. The summed E-state index contributed by atoms with van der Waals surface area (Å²) in [7, 11) is 0. The predicted octanol–water partition coefficient (Wildman–Crippen LogP) is 0.632. The van der Waals surface area contributed by atoms with Gasteiger partial charge in [-0.15, -0.1) is 0 Å². The smallest absolute Gasteiger partial charge is 0.231 e. The van der Waals surface area contributed by atoms with Crippen molar-refractivity contribution in [2.24, 2.45) is 5.92 Å². The average Bonchev–Trinajstić information content (AvgIpc) is 2.59. The summed E-state index contributed by atoms with van der Waals surface area (Å²) in [5, 5.41) is 14.9. The molecule has 1 atom stereocenters. The predicted molar refractivity (Wildman–Crippen MR) is 46.0 cm³/mol. The van der Waals surface area contributed by atoms with E-state index >= 15 is 0 Å². The van der Waals surface area contributed by atoms with Gasteiger partial charge in [0, 0.05) is 6.07 Å². The first-order chi connectivity index (χ1) is 6.27. The molecule has 1 heterocycles. The Morgan fingerprint density at radius 2 is 2.62 bits per heavy atom. The average molecular weight is 184 g/mol. The van der Waals surface area contributed by atoms with Crippen LogP contribution in [-0.2, 0) is 4.79 Å². The number of amides is 1. The molecule has 1 aromatic rings. The molecule has 0 radical (unpaired) electrons. The number of carbonyl (C=O) groups excluding carboxylic acids is 1. The van der Waals surface area contributed by atoms with E-state index in [-0.39, 0.29) is 18.4 Å². The number of aliphatic hydroxyl groups excluding tert-OH is 1. The van der Waals surface area contributed by atoms with Crippen molar-refractivity contribution >= 4 is 11.7 Å². The van der Waals surface area contributed by atoms with Crippen LogP contribution in [0.4, 0.5) is 5.82 Å². The quantitative estimate of drug-likeness (QED) is 0.719. The van der Waals surface area contributed by atoms with Crippen molar-refractivity contribution in [1.29, 1.82) is 0 Å². The monoisotopic (exact) mass is 184 g/mol. The zero-order chi connectivity index (χ0) is 9.68. The summed E-state index contributed by atoms with van der Waals surface area (Å²) in [4.78, 5) is 11.3. The molecule has 0 bridgehead atoms. The normalized spacial score (nSPS) is 12.5. The molecule has 0 aliphatic carbocycles. The molecule has 0 saturated heterocycles. The summed E-state index contributed by atoms with van der Waals surface area (Å²) in [6.45, 7) is 1.68. The van der Waals surface area contributed by atoms with Gasteiger partial charge >= 0.3 is 0 Å². The standard InChI is InChI=1S/C8H12N2O3/c1-2-6(5-11)8(12)9-7-3-4-13-10-7/h3-4,6,11H,2,5H2,1H3,(H,9,10,12). The van der Waals surface area contributed by atoms with Crippen molar-refractivity contribution in [1.82, 2.24) is 5.16 Å². The van der Waals surface area contributed by atoms with E-state index in [4.69, 9.17) is 5.11 Å². The van der Waals surface area contributed by atoms with Crippen molar-refractivity contribution < 1.29 is 14.4 Å². The highest BCUT2D eigenvalue weighted by molar-refractivity contribution is 5.91. The van der Waals surface area contributed by atoms with E-state index in [0.29, 0.717) is 12.2 Å². The van der Waals surface area contributed by atoms with Gasteiger partial charge in [0.25, 0.3) is 0 Å². The van der Waals surface area contributed by atoms with Crippen LogP contribution in [0.3, 0.4) is 0 Å². The Hall–Kier alpha value is -1.36. The molecule has 5 heteroatoms. The second kappa shape index (κ2) is 4.61. The summed E-state index contributed by atoms with van der Waals surface area (Å²) in [5.74, 6) is -0.243. The highest BCUT2D eigenvalue weighted by Crippen LogP contribution is 2.07. The Kier molecular flexibility index (Phi) is 3.45. The Labute approximate surface area is 75.7 Å². The fourth-order valence-electron chi connectivity index (χ4n) is 0.903. The van der Waals surface area contributed by atoms with Gasteiger partial charge in [-0.2, -0.15) is 0 Å². The number of carbonyl (C=O) groups is 1. The third-order valence-corrected chi connectivity index (χ3v) is 1.77. The van der Waals surface area contributed by atoms with Gasteiger partial charge in [0.15, 0.2) is 5.82 Å². The number of rotatable bonds is 4. The van der Waals surface area contributed by atoms with Gasteiger partial charge in [-0.05, 0) is 6.42 Å². The molecular formula is C8H12N2O3. The van der Waals surface area contributed by atoms with Crippen LogP contribution in [-0.4, -0.2) is 22.8 Å². The molecule has 0 aromatic carbocycles. The summed E-state index contributed by atoms with van der Waals surface area (Å²) < 4.78 is 4.54. The first kappa shape index (κ1) is 9.73. The van der Waals surface area contributed by atoms with Gasteiger partial charge < -0.3 is 14.9 Å². The highest BCUT2D eigenvalue weighted by atomic mass is 16.5. The van der Waals surface area contributed by atoms with Gasteiger partial charge in [0.05, 0.1) is 12.5 Å². The molecular weight excluding hydrogens is 172 g/mol. The molecule has 0 aliphatic rings. The van der Waals surface area contributed by atoms with Gasteiger partial charge in [-0.3, -0.25) is 4.79 Å². The maximum Gasteiger partial charge on any atom is 0.231 e. The Morgan fingerprint density at radius 1 is 1.85 bits per heavy atom. The highest BCUT2D eigenvalue weighted by Gasteiger charge is 2.15. The summed E-state index contributed by atoms with van der Waals surface area (Å²) in [5.41, 5.74) is 0. The lowest BCUT2D eigenvalue weighted by Gasteiger charge is -2.09. The number of hydrogen-bond donors (Lipinski definition) is 2. The van der Waals surface area contributed by atoms with Gasteiger partial charge in [-0.25, -0.2) is 0 Å². The third kappa shape index (κ3) is 2.55. The maximum atomic E-state index is 11.3. The van der Waals surface area contributed by atoms with E-state index in [1.807, 2.05) is 6.92 Å².